The third kappa shape index (κ3) is 2.83. The molecule has 1 N–H and O–H groups in total. The van der Waals surface area contributed by atoms with Crippen LogP contribution in [0.1, 0.15) is 29.9 Å². The monoisotopic (exact) mass is 268 g/mol. The molecule has 0 aliphatic heterocycles. The summed E-state index contributed by atoms with van der Waals surface area (Å²) < 4.78 is 5.44. The number of nitrogens with one attached hydrogen (secondary N) is 1. The first-order valence-electron chi connectivity index (χ1n) is 7.12. The minimum atomic E-state index is 0.609. The maximum absolute atomic E-state index is 5.44. The Morgan fingerprint density at radius 1 is 1.15 bits per heavy atom. The lowest BCUT2D eigenvalue weighted by atomic mass is 9.75. The van der Waals surface area contributed by atoms with Crippen molar-refractivity contribution in [1.82, 2.24) is 10.3 Å². The topological polar surface area (TPSA) is 34.1 Å². The predicted molar refractivity (Wildman–Crippen MR) is 79.8 cm³/mol. The van der Waals surface area contributed by atoms with Crippen molar-refractivity contribution in [3.05, 3.63) is 59.9 Å². The van der Waals surface area contributed by atoms with E-state index < -0.39 is 0 Å². The second kappa shape index (κ2) is 6.06. The van der Waals surface area contributed by atoms with Gasteiger partial charge in [0.25, 0.3) is 0 Å². The van der Waals surface area contributed by atoms with Crippen LogP contribution in [0.25, 0.3) is 0 Å². The number of hydrogen-bond acceptors (Lipinski definition) is 3. The first-order valence-corrected chi connectivity index (χ1v) is 7.12. The van der Waals surface area contributed by atoms with Crippen LogP contribution < -0.4 is 10.1 Å². The molecule has 0 atom stereocenters. The molecule has 20 heavy (non-hydrogen) atoms. The van der Waals surface area contributed by atoms with E-state index in [1.165, 1.54) is 24.0 Å². The van der Waals surface area contributed by atoms with Crippen molar-refractivity contribution in [2.75, 3.05) is 7.11 Å². The molecule has 1 heterocycles. The lowest BCUT2D eigenvalue weighted by molar-refractivity contribution is 0.282. The molecule has 104 valence electrons. The number of rotatable bonds is 5. The van der Waals surface area contributed by atoms with E-state index in [0.29, 0.717) is 12.0 Å². The van der Waals surface area contributed by atoms with Crippen molar-refractivity contribution in [2.24, 2.45) is 0 Å². The van der Waals surface area contributed by atoms with Crippen molar-refractivity contribution in [2.45, 2.75) is 31.3 Å². The lowest BCUT2D eigenvalue weighted by Crippen LogP contribution is -2.39. The highest BCUT2D eigenvalue weighted by molar-refractivity contribution is 5.37. The van der Waals surface area contributed by atoms with E-state index >= 15 is 0 Å². The van der Waals surface area contributed by atoms with Crippen LogP contribution in [0.3, 0.4) is 0 Å². The van der Waals surface area contributed by atoms with Crippen molar-refractivity contribution in [3.63, 3.8) is 0 Å². The Balaban J connectivity index is 1.51. The number of hydrogen-bond donors (Lipinski definition) is 1. The molecule has 0 bridgehead atoms. The van der Waals surface area contributed by atoms with Crippen LogP contribution in [0.15, 0.2) is 48.8 Å². The number of pyridine rings is 1. The van der Waals surface area contributed by atoms with Gasteiger partial charge >= 0.3 is 0 Å². The van der Waals surface area contributed by atoms with Crippen molar-refractivity contribution in [1.29, 1.82) is 0 Å². The summed E-state index contributed by atoms with van der Waals surface area (Å²) in [5.41, 5.74) is 2.64. The second-order valence-corrected chi connectivity index (χ2v) is 5.34. The largest absolute Gasteiger partial charge is 0.496 e. The van der Waals surface area contributed by atoms with Crippen LogP contribution >= 0.6 is 0 Å². The van der Waals surface area contributed by atoms with Gasteiger partial charge in [-0.25, -0.2) is 0 Å². The Kier molecular flexibility index (Phi) is 3.97. The van der Waals surface area contributed by atoms with E-state index in [9.17, 15) is 0 Å². The van der Waals surface area contributed by atoms with E-state index in [4.69, 9.17) is 4.74 Å². The van der Waals surface area contributed by atoms with Gasteiger partial charge in [0.15, 0.2) is 0 Å². The Hall–Kier alpha value is -1.87. The fourth-order valence-corrected chi connectivity index (χ4v) is 2.80. The zero-order valence-corrected chi connectivity index (χ0v) is 11.8. The van der Waals surface area contributed by atoms with Crippen LogP contribution in [-0.2, 0) is 6.54 Å². The van der Waals surface area contributed by atoms with Crippen molar-refractivity contribution in [3.8, 4) is 5.75 Å². The van der Waals surface area contributed by atoms with Gasteiger partial charge in [0, 0.05) is 25.0 Å². The third-order valence-corrected chi connectivity index (χ3v) is 4.06. The average Bonchev–Trinajstić information content (AvgIpc) is 2.47. The summed E-state index contributed by atoms with van der Waals surface area (Å²) in [5.74, 6) is 1.64. The van der Waals surface area contributed by atoms with Crippen LogP contribution in [0.4, 0.5) is 0 Å². The van der Waals surface area contributed by atoms with E-state index in [1.54, 1.807) is 7.11 Å². The molecular formula is C17H20N2O. The fourth-order valence-electron chi connectivity index (χ4n) is 2.80. The van der Waals surface area contributed by atoms with E-state index in [2.05, 4.69) is 34.6 Å². The smallest absolute Gasteiger partial charge is 0.122 e. The Morgan fingerprint density at radius 2 is 1.90 bits per heavy atom. The summed E-state index contributed by atoms with van der Waals surface area (Å²) in [7, 11) is 1.75. The summed E-state index contributed by atoms with van der Waals surface area (Å²) in [4.78, 5) is 4.04. The maximum atomic E-state index is 5.44. The molecule has 1 aliphatic carbocycles. The first kappa shape index (κ1) is 13.1. The van der Waals surface area contributed by atoms with Gasteiger partial charge in [-0.2, -0.15) is 0 Å². The third-order valence-electron chi connectivity index (χ3n) is 4.06. The fraction of sp³-hybridized carbons (Fsp3) is 0.353. The molecule has 0 amide bonds. The molecule has 3 rings (SSSR count). The van der Waals surface area contributed by atoms with Crippen LogP contribution in [-0.4, -0.2) is 18.1 Å². The van der Waals surface area contributed by atoms with Gasteiger partial charge in [0.2, 0.25) is 0 Å². The molecule has 3 heteroatoms. The average molecular weight is 268 g/mol. The molecule has 1 aliphatic rings. The number of para-hydroxylation sites is 1. The molecule has 0 saturated heterocycles. The maximum Gasteiger partial charge on any atom is 0.122 e. The summed E-state index contributed by atoms with van der Waals surface area (Å²) in [5, 5.41) is 3.60. The SMILES string of the molecule is COc1ccccc1C1CC(NCc2ccncc2)C1. The molecule has 0 unspecified atom stereocenters. The van der Waals surface area contributed by atoms with Gasteiger partial charge in [-0.05, 0) is 48.1 Å². The van der Waals surface area contributed by atoms with Gasteiger partial charge in [-0.1, -0.05) is 18.2 Å². The normalized spacial score (nSPS) is 21.2. The number of aromatic nitrogens is 1. The standard InChI is InChI=1S/C17H20N2O/c1-20-17-5-3-2-4-16(17)14-10-15(11-14)19-12-13-6-8-18-9-7-13/h2-9,14-15,19H,10-12H2,1H3. The number of nitrogens with zero attached hydrogens (tertiary/aromatic N) is 1. The van der Waals surface area contributed by atoms with Crippen LogP contribution in [0.2, 0.25) is 0 Å². The van der Waals surface area contributed by atoms with Gasteiger partial charge < -0.3 is 10.1 Å². The number of ether oxygens (including phenoxy) is 1. The Bertz CT molecular complexity index is 550. The molecular weight excluding hydrogens is 248 g/mol. The highest BCUT2D eigenvalue weighted by atomic mass is 16.5. The molecule has 0 spiro atoms. The van der Waals surface area contributed by atoms with Crippen molar-refractivity contribution < 1.29 is 4.74 Å². The van der Waals surface area contributed by atoms with Gasteiger partial charge in [0.05, 0.1) is 7.11 Å². The van der Waals surface area contributed by atoms with E-state index in [0.717, 1.165) is 12.3 Å². The Morgan fingerprint density at radius 3 is 2.65 bits per heavy atom. The van der Waals surface area contributed by atoms with Crippen LogP contribution in [0.5, 0.6) is 5.75 Å². The molecule has 0 radical (unpaired) electrons. The first-order chi connectivity index (χ1) is 9.86. The highest BCUT2D eigenvalue weighted by Crippen LogP contribution is 2.40. The summed E-state index contributed by atoms with van der Waals surface area (Å²) in [6, 6.07) is 13.1. The lowest BCUT2D eigenvalue weighted by Gasteiger charge is -2.37. The zero-order valence-electron chi connectivity index (χ0n) is 11.8. The highest BCUT2D eigenvalue weighted by Gasteiger charge is 2.31. The molecule has 1 saturated carbocycles. The summed E-state index contributed by atoms with van der Waals surface area (Å²) in [6.07, 6.45) is 6.06. The number of benzene rings is 1. The minimum Gasteiger partial charge on any atom is -0.496 e. The zero-order chi connectivity index (χ0) is 13.8. The Labute approximate surface area is 120 Å². The summed E-state index contributed by atoms with van der Waals surface area (Å²) in [6.45, 7) is 0.922. The van der Waals surface area contributed by atoms with Gasteiger partial charge in [0.1, 0.15) is 5.75 Å². The van der Waals surface area contributed by atoms with E-state index in [1.807, 2.05) is 24.5 Å². The van der Waals surface area contributed by atoms with E-state index in [-0.39, 0.29) is 0 Å². The van der Waals surface area contributed by atoms with Crippen molar-refractivity contribution >= 4 is 0 Å². The minimum absolute atomic E-state index is 0.609. The van der Waals surface area contributed by atoms with Crippen LogP contribution in [0, 0.1) is 0 Å². The summed E-state index contributed by atoms with van der Waals surface area (Å²) >= 11 is 0. The predicted octanol–water partition coefficient (Wildman–Crippen LogP) is 3.13. The molecule has 1 fully saturated rings. The molecule has 1 aromatic heterocycles. The second-order valence-electron chi connectivity index (χ2n) is 5.34. The molecule has 1 aromatic carbocycles. The van der Waals surface area contributed by atoms with Gasteiger partial charge in [-0.15, -0.1) is 0 Å². The number of methoxy groups -OCH3 is 1. The van der Waals surface area contributed by atoms with Gasteiger partial charge in [-0.3, -0.25) is 4.98 Å². The quantitative estimate of drug-likeness (QED) is 0.904. The molecule has 2 aromatic rings. The molecule has 3 nitrogen and oxygen atoms in total.